The Hall–Kier alpha value is -0.430. The topological polar surface area (TPSA) is 39.9 Å². The average molecular weight is 410 g/mol. The van der Waals surface area contributed by atoms with Crippen molar-refractivity contribution in [3.63, 3.8) is 0 Å². The van der Waals surface area contributed by atoms with Gasteiger partial charge in [-0.25, -0.2) is 0 Å². The van der Waals surface area contributed by atoms with Gasteiger partial charge in [-0.2, -0.15) is 0 Å². The Morgan fingerprint density at radius 2 is 2.11 bits per heavy atom. The fourth-order valence-corrected chi connectivity index (χ4v) is 2.70. The maximum atomic E-state index is 5.90. The fourth-order valence-electron chi connectivity index (χ4n) is 1.72. The van der Waals surface area contributed by atoms with Crippen molar-refractivity contribution in [1.82, 2.24) is 14.8 Å². The van der Waals surface area contributed by atoms with Crippen molar-refractivity contribution >= 4 is 43.5 Å². The molecule has 2 rings (SSSR count). The molecule has 102 valence electrons. The van der Waals surface area contributed by atoms with Crippen molar-refractivity contribution in [2.45, 2.75) is 12.4 Å². The minimum atomic E-state index is 0.322. The third kappa shape index (κ3) is 3.37. The molecule has 0 spiro atoms. The average Bonchev–Trinajstić information content (AvgIpc) is 2.81. The lowest BCUT2D eigenvalue weighted by molar-refractivity contribution is 0.187. The molecule has 0 N–H and O–H groups in total. The molecule has 0 bridgehead atoms. The van der Waals surface area contributed by atoms with E-state index >= 15 is 0 Å². The summed E-state index contributed by atoms with van der Waals surface area (Å²) in [4.78, 5) is 0. The van der Waals surface area contributed by atoms with Crippen molar-refractivity contribution in [3.8, 4) is 11.4 Å². The van der Waals surface area contributed by atoms with E-state index in [4.69, 9.17) is 16.3 Å². The van der Waals surface area contributed by atoms with Crippen LogP contribution in [0.1, 0.15) is 5.82 Å². The third-order valence-electron chi connectivity index (χ3n) is 2.64. The van der Waals surface area contributed by atoms with Crippen molar-refractivity contribution < 1.29 is 4.74 Å². The molecule has 0 atom stereocenters. The predicted molar refractivity (Wildman–Crippen MR) is 82.3 cm³/mol. The van der Waals surface area contributed by atoms with Gasteiger partial charge in [0.25, 0.3) is 0 Å². The van der Waals surface area contributed by atoms with Crippen LogP contribution < -0.4 is 0 Å². The van der Waals surface area contributed by atoms with E-state index in [1.807, 2.05) is 22.8 Å². The Kier molecular flexibility index (Phi) is 5.38. The van der Waals surface area contributed by atoms with Gasteiger partial charge in [0, 0.05) is 28.2 Å². The van der Waals surface area contributed by atoms with Crippen molar-refractivity contribution in [3.05, 3.63) is 33.0 Å². The van der Waals surface area contributed by atoms with Crippen molar-refractivity contribution in [1.29, 1.82) is 0 Å². The zero-order valence-corrected chi connectivity index (χ0v) is 14.2. The van der Waals surface area contributed by atoms with E-state index < -0.39 is 0 Å². The van der Waals surface area contributed by atoms with Crippen molar-refractivity contribution in [2.75, 3.05) is 13.7 Å². The highest BCUT2D eigenvalue weighted by Crippen LogP contribution is 2.30. The molecule has 0 fully saturated rings. The smallest absolute Gasteiger partial charge is 0.165 e. The summed E-state index contributed by atoms with van der Waals surface area (Å²) < 4.78 is 9.04. The highest BCUT2D eigenvalue weighted by molar-refractivity contribution is 9.11. The van der Waals surface area contributed by atoms with Gasteiger partial charge in [0.05, 0.1) is 12.5 Å². The van der Waals surface area contributed by atoms with E-state index in [1.54, 1.807) is 7.11 Å². The van der Waals surface area contributed by atoms with E-state index in [-0.39, 0.29) is 0 Å². The Balaban J connectivity index is 2.49. The largest absolute Gasteiger partial charge is 0.383 e. The first-order valence-corrected chi connectivity index (χ1v) is 7.71. The molecule has 7 heteroatoms. The monoisotopic (exact) mass is 407 g/mol. The minimum absolute atomic E-state index is 0.322. The molecule has 0 aliphatic rings. The van der Waals surface area contributed by atoms with Crippen LogP contribution in [-0.4, -0.2) is 28.5 Å². The first-order chi connectivity index (χ1) is 9.17. The summed E-state index contributed by atoms with van der Waals surface area (Å²) in [5, 5.41) is 8.36. The number of aromatic nitrogens is 3. The quantitative estimate of drug-likeness (QED) is 0.704. The minimum Gasteiger partial charge on any atom is -0.383 e. The van der Waals surface area contributed by atoms with E-state index in [0.29, 0.717) is 19.0 Å². The Labute approximate surface area is 133 Å². The number of ether oxygens (including phenoxy) is 1. The standard InChI is InChI=1S/C12H12Br2ClN3O/c1-19-5-4-18-11(7-15)16-17-12(18)9-6-8(13)2-3-10(9)14/h2-3,6H,4-5,7H2,1H3. The lowest BCUT2D eigenvalue weighted by Gasteiger charge is -2.10. The van der Waals surface area contributed by atoms with Crippen LogP contribution in [0, 0.1) is 0 Å². The zero-order valence-electron chi connectivity index (χ0n) is 10.2. The molecule has 2 aromatic rings. The van der Waals surface area contributed by atoms with E-state index in [0.717, 1.165) is 26.2 Å². The molecular formula is C12H12Br2ClN3O. The summed E-state index contributed by atoms with van der Waals surface area (Å²) in [6, 6.07) is 5.93. The molecule has 1 aromatic heterocycles. The summed E-state index contributed by atoms with van der Waals surface area (Å²) in [6.45, 7) is 1.25. The SMILES string of the molecule is COCCn1c(CCl)nnc1-c1cc(Br)ccc1Br. The molecule has 0 aliphatic carbocycles. The predicted octanol–water partition coefficient (Wildman–Crippen LogP) is 3.86. The van der Waals surface area contributed by atoms with Gasteiger partial charge in [-0.1, -0.05) is 31.9 Å². The number of methoxy groups -OCH3 is 1. The second-order valence-corrected chi connectivity index (χ2v) is 5.88. The number of halogens is 3. The van der Waals surface area contributed by atoms with Crippen LogP contribution in [0.5, 0.6) is 0 Å². The van der Waals surface area contributed by atoms with Gasteiger partial charge in [-0.3, -0.25) is 0 Å². The summed E-state index contributed by atoms with van der Waals surface area (Å²) in [7, 11) is 1.67. The van der Waals surface area contributed by atoms with Gasteiger partial charge >= 0.3 is 0 Å². The second-order valence-electron chi connectivity index (χ2n) is 3.84. The second kappa shape index (κ2) is 6.83. The van der Waals surface area contributed by atoms with Crippen LogP contribution in [-0.2, 0) is 17.2 Å². The van der Waals surface area contributed by atoms with Crippen LogP contribution >= 0.6 is 43.5 Å². The van der Waals surface area contributed by atoms with Gasteiger partial charge in [0.15, 0.2) is 5.82 Å². The summed E-state index contributed by atoms with van der Waals surface area (Å²) in [5.41, 5.74) is 0.967. The molecular weight excluding hydrogens is 397 g/mol. The number of hydrogen-bond donors (Lipinski definition) is 0. The van der Waals surface area contributed by atoms with Crippen LogP contribution in [0.4, 0.5) is 0 Å². The lowest BCUT2D eigenvalue weighted by Crippen LogP contribution is -2.09. The highest BCUT2D eigenvalue weighted by atomic mass is 79.9. The molecule has 0 radical (unpaired) electrons. The van der Waals surface area contributed by atoms with Gasteiger partial charge in [0.2, 0.25) is 0 Å². The normalized spacial score (nSPS) is 10.9. The molecule has 1 aromatic carbocycles. The highest BCUT2D eigenvalue weighted by Gasteiger charge is 2.15. The first-order valence-electron chi connectivity index (χ1n) is 5.59. The van der Waals surface area contributed by atoms with Crippen LogP contribution in [0.2, 0.25) is 0 Å². The summed E-state index contributed by atoms with van der Waals surface area (Å²) in [5.74, 6) is 1.84. The molecule has 0 saturated heterocycles. The van der Waals surface area contributed by atoms with Crippen LogP contribution in [0.15, 0.2) is 27.1 Å². The molecule has 1 heterocycles. The van der Waals surface area contributed by atoms with Gasteiger partial charge in [0.1, 0.15) is 5.82 Å². The number of alkyl halides is 1. The molecule has 0 unspecified atom stereocenters. The molecule has 0 aliphatic heterocycles. The summed E-state index contributed by atoms with van der Waals surface area (Å²) in [6.07, 6.45) is 0. The number of hydrogen-bond acceptors (Lipinski definition) is 3. The Bertz CT molecular complexity index is 574. The van der Waals surface area contributed by atoms with Gasteiger partial charge in [-0.15, -0.1) is 21.8 Å². The van der Waals surface area contributed by atoms with Gasteiger partial charge < -0.3 is 9.30 Å². The number of benzene rings is 1. The Morgan fingerprint density at radius 3 is 2.79 bits per heavy atom. The van der Waals surface area contributed by atoms with Crippen LogP contribution in [0.3, 0.4) is 0 Å². The van der Waals surface area contributed by atoms with E-state index in [9.17, 15) is 0 Å². The van der Waals surface area contributed by atoms with E-state index in [1.165, 1.54) is 0 Å². The van der Waals surface area contributed by atoms with Crippen molar-refractivity contribution in [2.24, 2.45) is 0 Å². The third-order valence-corrected chi connectivity index (χ3v) is 4.06. The Morgan fingerprint density at radius 1 is 1.32 bits per heavy atom. The maximum Gasteiger partial charge on any atom is 0.165 e. The number of nitrogens with zero attached hydrogens (tertiary/aromatic N) is 3. The summed E-state index contributed by atoms with van der Waals surface area (Å²) >= 11 is 12.9. The lowest BCUT2D eigenvalue weighted by atomic mass is 10.2. The van der Waals surface area contributed by atoms with Gasteiger partial charge in [-0.05, 0) is 18.2 Å². The van der Waals surface area contributed by atoms with E-state index in [2.05, 4.69) is 42.1 Å². The molecule has 4 nitrogen and oxygen atoms in total. The first kappa shape index (κ1) is 15.0. The maximum absolute atomic E-state index is 5.90. The molecule has 0 amide bonds. The molecule has 19 heavy (non-hydrogen) atoms. The fraction of sp³-hybridized carbons (Fsp3) is 0.333. The molecule has 0 saturated carbocycles. The number of rotatable bonds is 5. The zero-order chi connectivity index (χ0) is 13.8. The van der Waals surface area contributed by atoms with Crippen LogP contribution in [0.25, 0.3) is 11.4 Å².